The van der Waals surface area contributed by atoms with Gasteiger partial charge >= 0.3 is 0 Å². The Morgan fingerprint density at radius 1 is 1.21 bits per heavy atom. The molecule has 2 rings (SSSR count). The number of carbonyl (C=O) groups excluding carboxylic acids is 1. The number of benzene rings is 2. The van der Waals surface area contributed by atoms with Crippen LogP contribution in [0.4, 0.5) is 4.39 Å². The number of rotatable bonds is 4. The molecule has 0 atom stereocenters. The molecule has 19 heavy (non-hydrogen) atoms. The van der Waals surface area contributed by atoms with Crippen molar-refractivity contribution in [3.05, 3.63) is 63.9 Å². The summed E-state index contributed by atoms with van der Waals surface area (Å²) in [5.74, 6) is 0.195. The van der Waals surface area contributed by atoms with Crippen molar-refractivity contribution in [2.45, 2.75) is 6.42 Å². The van der Waals surface area contributed by atoms with Gasteiger partial charge in [0.2, 0.25) is 0 Å². The zero-order valence-corrected chi connectivity index (χ0v) is 11.9. The van der Waals surface area contributed by atoms with Gasteiger partial charge < -0.3 is 4.74 Å². The van der Waals surface area contributed by atoms with E-state index >= 15 is 0 Å². The summed E-state index contributed by atoms with van der Waals surface area (Å²) in [4.78, 5) is 12.1. The third-order valence-corrected chi connectivity index (χ3v) is 3.44. The van der Waals surface area contributed by atoms with Crippen LogP contribution in [0.5, 0.6) is 5.75 Å². The molecule has 2 aromatic rings. The van der Waals surface area contributed by atoms with E-state index < -0.39 is 5.82 Å². The van der Waals surface area contributed by atoms with Crippen molar-refractivity contribution >= 4 is 21.7 Å². The molecule has 0 fully saturated rings. The van der Waals surface area contributed by atoms with Gasteiger partial charge in [-0.2, -0.15) is 0 Å². The number of methoxy groups -OCH3 is 1. The van der Waals surface area contributed by atoms with Gasteiger partial charge in [0.05, 0.1) is 7.11 Å². The summed E-state index contributed by atoms with van der Waals surface area (Å²) in [6, 6.07) is 11.3. The molecule has 0 aliphatic carbocycles. The maximum atomic E-state index is 13.2. The Labute approximate surface area is 119 Å². The second-order valence-corrected chi connectivity index (χ2v) is 4.93. The third kappa shape index (κ3) is 3.41. The van der Waals surface area contributed by atoms with Gasteiger partial charge in [0.15, 0.2) is 5.78 Å². The lowest BCUT2D eigenvalue weighted by atomic mass is 10.0. The van der Waals surface area contributed by atoms with Crippen molar-refractivity contribution in [1.29, 1.82) is 0 Å². The minimum Gasteiger partial charge on any atom is -0.497 e. The van der Waals surface area contributed by atoms with E-state index in [1.165, 1.54) is 18.2 Å². The normalized spacial score (nSPS) is 10.3. The first kappa shape index (κ1) is 13.7. The molecule has 0 saturated carbocycles. The lowest BCUT2D eigenvalue weighted by Gasteiger charge is -2.05. The Morgan fingerprint density at radius 3 is 2.53 bits per heavy atom. The molecule has 0 radical (unpaired) electrons. The van der Waals surface area contributed by atoms with E-state index in [9.17, 15) is 9.18 Å². The van der Waals surface area contributed by atoms with Gasteiger partial charge in [0.25, 0.3) is 0 Å². The van der Waals surface area contributed by atoms with Gasteiger partial charge in [0.1, 0.15) is 11.6 Å². The van der Waals surface area contributed by atoms with Crippen LogP contribution in [0.15, 0.2) is 46.9 Å². The number of carbonyl (C=O) groups is 1. The third-order valence-electron chi connectivity index (χ3n) is 2.75. The molecule has 0 heterocycles. The van der Waals surface area contributed by atoms with Crippen molar-refractivity contribution < 1.29 is 13.9 Å². The van der Waals surface area contributed by atoms with Crippen molar-refractivity contribution in [1.82, 2.24) is 0 Å². The zero-order chi connectivity index (χ0) is 13.8. The smallest absolute Gasteiger partial charge is 0.168 e. The van der Waals surface area contributed by atoms with Gasteiger partial charge in [-0.25, -0.2) is 4.39 Å². The Kier molecular flexibility index (Phi) is 4.32. The molecule has 0 saturated heterocycles. The quantitative estimate of drug-likeness (QED) is 0.795. The summed E-state index contributed by atoms with van der Waals surface area (Å²) in [5.41, 5.74) is 1.22. The predicted molar refractivity (Wildman–Crippen MR) is 75.1 cm³/mol. The number of hydrogen-bond donors (Lipinski definition) is 0. The van der Waals surface area contributed by atoms with Gasteiger partial charge in [-0.15, -0.1) is 0 Å². The molecular formula is C15H12BrFO2. The molecule has 0 aromatic heterocycles. The van der Waals surface area contributed by atoms with E-state index in [-0.39, 0.29) is 12.2 Å². The highest BCUT2D eigenvalue weighted by molar-refractivity contribution is 9.10. The molecule has 2 nitrogen and oxygen atoms in total. The SMILES string of the molecule is COc1ccc(CC(=O)c2cc(F)ccc2Br)cc1. The summed E-state index contributed by atoms with van der Waals surface area (Å²) >= 11 is 3.26. The molecule has 0 aliphatic heterocycles. The van der Waals surface area contributed by atoms with Crippen LogP contribution >= 0.6 is 15.9 Å². The summed E-state index contributed by atoms with van der Waals surface area (Å²) in [7, 11) is 1.59. The van der Waals surface area contributed by atoms with E-state index in [1.807, 2.05) is 12.1 Å². The first-order valence-electron chi connectivity index (χ1n) is 5.71. The van der Waals surface area contributed by atoms with E-state index in [4.69, 9.17) is 4.74 Å². The van der Waals surface area contributed by atoms with Crippen molar-refractivity contribution in [3.8, 4) is 5.75 Å². The minimum absolute atomic E-state index is 0.128. The van der Waals surface area contributed by atoms with E-state index in [0.29, 0.717) is 10.0 Å². The lowest BCUT2D eigenvalue weighted by Crippen LogP contribution is -2.05. The van der Waals surface area contributed by atoms with Gasteiger partial charge in [-0.1, -0.05) is 28.1 Å². The maximum absolute atomic E-state index is 13.2. The zero-order valence-electron chi connectivity index (χ0n) is 10.3. The van der Waals surface area contributed by atoms with E-state index in [2.05, 4.69) is 15.9 Å². The summed E-state index contributed by atoms with van der Waals surface area (Å²) < 4.78 is 18.8. The molecular weight excluding hydrogens is 311 g/mol. The average molecular weight is 323 g/mol. The van der Waals surface area contributed by atoms with Crippen molar-refractivity contribution in [3.63, 3.8) is 0 Å². The largest absolute Gasteiger partial charge is 0.497 e. The first-order valence-corrected chi connectivity index (χ1v) is 6.50. The molecule has 0 N–H and O–H groups in total. The predicted octanol–water partition coefficient (Wildman–Crippen LogP) is 4.02. The maximum Gasteiger partial charge on any atom is 0.168 e. The van der Waals surface area contributed by atoms with Gasteiger partial charge in [0, 0.05) is 16.5 Å². The van der Waals surface area contributed by atoms with Crippen LogP contribution in [0.1, 0.15) is 15.9 Å². The fraction of sp³-hybridized carbons (Fsp3) is 0.133. The van der Waals surface area contributed by atoms with Crippen LogP contribution in [0, 0.1) is 5.82 Å². The summed E-state index contributed by atoms with van der Waals surface area (Å²) in [6.07, 6.45) is 0.228. The molecule has 0 amide bonds. The monoisotopic (exact) mass is 322 g/mol. The summed E-state index contributed by atoms with van der Waals surface area (Å²) in [6.45, 7) is 0. The first-order chi connectivity index (χ1) is 9.10. The second kappa shape index (κ2) is 5.97. The fourth-order valence-electron chi connectivity index (χ4n) is 1.74. The number of ether oxygens (including phenoxy) is 1. The Hall–Kier alpha value is -1.68. The number of Topliss-reactive ketones (excluding diaryl/α,β-unsaturated/α-hetero) is 1. The molecule has 2 aromatic carbocycles. The second-order valence-electron chi connectivity index (χ2n) is 4.07. The van der Waals surface area contributed by atoms with Crippen molar-refractivity contribution in [2.75, 3.05) is 7.11 Å². The molecule has 0 unspecified atom stereocenters. The van der Waals surface area contributed by atoms with Crippen LogP contribution in [-0.2, 0) is 6.42 Å². The molecule has 0 spiro atoms. The van der Waals surface area contributed by atoms with Gasteiger partial charge in [-0.3, -0.25) is 4.79 Å². The Morgan fingerprint density at radius 2 is 1.89 bits per heavy atom. The molecule has 0 aliphatic rings. The highest BCUT2D eigenvalue weighted by atomic mass is 79.9. The van der Waals surface area contributed by atoms with Crippen LogP contribution in [0.2, 0.25) is 0 Å². The highest BCUT2D eigenvalue weighted by Crippen LogP contribution is 2.20. The Balaban J connectivity index is 2.18. The number of ketones is 1. The standard InChI is InChI=1S/C15H12BrFO2/c1-19-12-5-2-10(3-6-12)8-15(18)13-9-11(17)4-7-14(13)16/h2-7,9H,8H2,1H3. The van der Waals surface area contributed by atoms with Crippen LogP contribution in [-0.4, -0.2) is 12.9 Å². The molecule has 0 bridgehead atoms. The lowest BCUT2D eigenvalue weighted by molar-refractivity contribution is 0.0992. The average Bonchev–Trinajstić information content (AvgIpc) is 2.42. The number of hydrogen-bond acceptors (Lipinski definition) is 2. The molecule has 4 heteroatoms. The van der Waals surface area contributed by atoms with Crippen LogP contribution in [0.25, 0.3) is 0 Å². The van der Waals surface area contributed by atoms with E-state index in [1.54, 1.807) is 19.2 Å². The van der Waals surface area contributed by atoms with Crippen molar-refractivity contribution in [2.24, 2.45) is 0 Å². The minimum atomic E-state index is -0.415. The molecule has 98 valence electrons. The topological polar surface area (TPSA) is 26.3 Å². The van der Waals surface area contributed by atoms with Gasteiger partial charge in [-0.05, 0) is 35.9 Å². The fourth-order valence-corrected chi connectivity index (χ4v) is 2.20. The van der Waals surface area contributed by atoms with Crippen LogP contribution in [0.3, 0.4) is 0 Å². The summed E-state index contributed by atoms with van der Waals surface area (Å²) in [5, 5.41) is 0. The highest BCUT2D eigenvalue weighted by Gasteiger charge is 2.12. The Bertz CT molecular complexity index is 594. The number of halogens is 2. The van der Waals surface area contributed by atoms with Crippen LogP contribution < -0.4 is 4.74 Å². The van der Waals surface area contributed by atoms with E-state index in [0.717, 1.165) is 11.3 Å².